The van der Waals surface area contributed by atoms with E-state index in [9.17, 15) is 4.79 Å². The van der Waals surface area contributed by atoms with Crippen molar-refractivity contribution in [1.82, 2.24) is 19.7 Å². The average molecular weight is 288 g/mol. The molecule has 3 N–H and O–H groups in total. The van der Waals surface area contributed by atoms with Gasteiger partial charge >= 0.3 is 0 Å². The Kier molecular flexibility index (Phi) is 4.21. The van der Waals surface area contributed by atoms with Crippen molar-refractivity contribution in [1.29, 1.82) is 0 Å². The van der Waals surface area contributed by atoms with Gasteiger partial charge in [-0.15, -0.1) is 0 Å². The molecule has 0 saturated heterocycles. The number of carbonyl (C=O) groups excluding carboxylic acids is 1. The van der Waals surface area contributed by atoms with E-state index in [2.05, 4.69) is 20.4 Å². The molecule has 0 aromatic carbocycles. The highest BCUT2D eigenvalue weighted by molar-refractivity contribution is 5.90. The zero-order chi connectivity index (χ0) is 15.6. The molecule has 21 heavy (non-hydrogen) atoms. The highest BCUT2D eigenvalue weighted by Crippen LogP contribution is 2.22. The SMILES string of the molecule is CCNc1nc(C(C)C)nc(-n2ccc(C(N)=O)n2)c1C. The van der Waals surface area contributed by atoms with Crippen LogP contribution in [0.25, 0.3) is 5.82 Å². The maximum absolute atomic E-state index is 11.2. The van der Waals surface area contributed by atoms with Gasteiger partial charge in [-0.3, -0.25) is 4.79 Å². The maximum Gasteiger partial charge on any atom is 0.269 e. The lowest BCUT2D eigenvalue weighted by Gasteiger charge is -2.14. The van der Waals surface area contributed by atoms with Gasteiger partial charge in [0.2, 0.25) is 0 Å². The Morgan fingerprint density at radius 2 is 2.14 bits per heavy atom. The van der Waals surface area contributed by atoms with Crippen LogP contribution in [0, 0.1) is 6.92 Å². The van der Waals surface area contributed by atoms with E-state index in [1.54, 1.807) is 16.9 Å². The van der Waals surface area contributed by atoms with Gasteiger partial charge in [-0.2, -0.15) is 5.10 Å². The second kappa shape index (κ2) is 5.90. The third-order valence-corrected chi connectivity index (χ3v) is 3.06. The van der Waals surface area contributed by atoms with Gasteiger partial charge in [0.1, 0.15) is 17.3 Å². The standard InChI is InChI=1S/C14H20N6O/c1-5-16-13-9(4)14(18-12(17-13)8(2)3)20-7-6-10(19-20)11(15)21/h6-8H,5H2,1-4H3,(H2,15,21)(H,16,17,18). The highest BCUT2D eigenvalue weighted by atomic mass is 16.1. The molecule has 7 heteroatoms. The molecule has 2 aromatic heterocycles. The number of amides is 1. The molecule has 7 nitrogen and oxygen atoms in total. The molecular formula is C14H20N6O. The molecule has 0 atom stereocenters. The molecule has 0 unspecified atom stereocenters. The molecule has 0 bridgehead atoms. The maximum atomic E-state index is 11.2. The molecule has 0 aliphatic rings. The van der Waals surface area contributed by atoms with E-state index >= 15 is 0 Å². The predicted molar refractivity (Wildman–Crippen MR) is 80.7 cm³/mol. The minimum atomic E-state index is -0.559. The Balaban J connectivity index is 2.57. The molecule has 2 heterocycles. The summed E-state index contributed by atoms with van der Waals surface area (Å²) in [6.45, 7) is 8.75. The van der Waals surface area contributed by atoms with Crippen LogP contribution in [-0.4, -0.2) is 32.2 Å². The molecule has 0 fully saturated rings. The summed E-state index contributed by atoms with van der Waals surface area (Å²) in [5, 5.41) is 7.39. The number of rotatable bonds is 5. The summed E-state index contributed by atoms with van der Waals surface area (Å²) in [4.78, 5) is 20.3. The lowest BCUT2D eigenvalue weighted by atomic mass is 10.2. The van der Waals surface area contributed by atoms with Crippen molar-refractivity contribution in [3.8, 4) is 5.82 Å². The number of hydrogen-bond acceptors (Lipinski definition) is 5. The van der Waals surface area contributed by atoms with Crippen LogP contribution in [-0.2, 0) is 0 Å². The number of hydrogen-bond donors (Lipinski definition) is 2. The van der Waals surface area contributed by atoms with Gasteiger partial charge in [0.15, 0.2) is 5.82 Å². The van der Waals surface area contributed by atoms with Crippen LogP contribution in [0.2, 0.25) is 0 Å². The van der Waals surface area contributed by atoms with Crippen LogP contribution >= 0.6 is 0 Å². The van der Waals surface area contributed by atoms with Gasteiger partial charge in [-0.05, 0) is 19.9 Å². The monoisotopic (exact) mass is 288 g/mol. The first kappa shape index (κ1) is 15.0. The third kappa shape index (κ3) is 3.01. The van der Waals surface area contributed by atoms with Gasteiger partial charge in [0, 0.05) is 24.2 Å². The molecule has 0 aliphatic heterocycles. The Morgan fingerprint density at radius 1 is 1.43 bits per heavy atom. The highest BCUT2D eigenvalue weighted by Gasteiger charge is 2.15. The Labute approximate surface area is 123 Å². The zero-order valence-corrected chi connectivity index (χ0v) is 12.7. The van der Waals surface area contributed by atoms with E-state index in [-0.39, 0.29) is 11.6 Å². The largest absolute Gasteiger partial charge is 0.370 e. The molecule has 1 amide bonds. The van der Waals surface area contributed by atoms with Crippen LogP contribution in [0.3, 0.4) is 0 Å². The smallest absolute Gasteiger partial charge is 0.269 e. The van der Waals surface area contributed by atoms with Crippen LogP contribution in [0.5, 0.6) is 0 Å². The van der Waals surface area contributed by atoms with E-state index < -0.39 is 5.91 Å². The predicted octanol–water partition coefficient (Wildman–Crippen LogP) is 1.62. The summed E-state index contributed by atoms with van der Waals surface area (Å²) in [6, 6.07) is 1.58. The second-order valence-corrected chi connectivity index (χ2v) is 5.07. The molecule has 0 saturated carbocycles. The third-order valence-electron chi connectivity index (χ3n) is 3.06. The van der Waals surface area contributed by atoms with Crippen molar-refractivity contribution < 1.29 is 4.79 Å². The summed E-state index contributed by atoms with van der Waals surface area (Å²) in [7, 11) is 0. The summed E-state index contributed by atoms with van der Waals surface area (Å²) >= 11 is 0. The first-order valence-electron chi connectivity index (χ1n) is 6.92. The summed E-state index contributed by atoms with van der Waals surface area (Å²) in [6.07, 6.45) is 1.68. The normalized spacial score (nSPS) is 10.9. The first-order chi connectivity index (χ1) is 9.93. The fourth-order valence-corrected chi connectivity index (χ4v) is 1.92. The van der Waals surface area contributed by atoms with E-state index in [4.69, 9.17) is 5.73 Å². The number of nitrogens with zero attached hydrogens (tertiary/aromatic N) is 4. The molecular weight excluding hydrogens is 268 g/mol. The summed E-state index contributed by atoms with van der Waals surface area (Å²) in [5.74, 6) is 1.78. The van der Waals surface area contributed by atoms with Gasteiger partial charge < -0.3 is 11.1 Å². The fourth-order valence-electron chi connectivity index (χ4n) is 1.92. The van der Waals surface area contributed by atoms with E-state index in [0.717, 1.165) is 23.8 Å². The summed E-state index contributed by atoms with van der Waals surface area (Å²) < 4.78 is 1.56. The average Bonchev–Trinajstić information content (AvgIpc) is 2.90. The number of nitrogens with two attached hydrogens (primary N) is 1. The lowest BCUT2D eigenvalue weighted by Crippen LogP contribution is -2.14. The van der Waals surface area contributed by atoms with Crippen LogP contribution in [0.1, 0.15) is 48.6 Å². The van der Waals surface area contributed by atoms with Crippen molar-refractivity contribution in [2.24, 2.45) is 5.73 Å². The quantitative estimate of drug-likeness (QED) is 0.871. The molecule has 0 radical (unpaired) electrons. The number of primary amides is 1. The Hall–Kier alpha value is -2.44. The van der Waals surface area contributed by atoms with E-state index in [0.29, 0.717) is 5.82 Å². The zero-order valence-electron chi connectivity index (χ0n) is 12.7. The molecule has 2 aromatic rings. The van der Waals surface area contributed by atoms with Crippen molar-refractivity contribution in [2.45, 2.75) is 33.6 Å². The molecule has 112 valence electrons. The number of carbonyl (C=O) groups is 1. The topological polar surface area (TPSA) is 98.7 Å². The van der Waals surface area contributed by atoms with Crippen LogP contribution in [0.15, 0.2) is 12.3 Å². The second-order valence-electron chi connectivity index (χ2n) is 5.07. The van der Waals surface area contributed by atoms with E-state index in [1.807, 2.05) is 27.7 Å². The summed E-state index contributed by atoms with van der Waals surface area (Å²) in [5.41, 5.74) is 6.33. The van der Waals surface area contributed by atoms with Gasteiger partial charge in [0.25, 0.3) is 5.91 Å². The lowest BCUT2D eigenvalue weighted by molar-refractivity contribution is 0.0995. The van der Waals surface area contributed by atoms with Gasteiger partial charge in [-0.1, -0.05) is 13.8 Å². The van der Waals surface area contributed by atoms with Crippen LogP contribution in [0.4, 0.5) is 5.82 Å². The minimum absolute atomic E-state index is 0.188. The molecule has 2 rings (SSSR count). The fraction of sp³-hybridized carbons (Fsp3) is 0.429. The van der Waals surface area contributed by atoms with Crippen LogP contribution < -0.4 is 11.1 Å². The number of nitrogens with one attached hydrogen (secondary N) is 1. The van der Waals surface area contributed by atoms with E-state index in [1.165, 1.54) is 0 Å². The van der Waals surface area contributed by atoms with Gasteiger partial charge in [0.05, 0.1) is 0 Å². The number of anilines is 1. The van der Waals surface area contributed by atoms with Crippen molar-refractivity contribution in [3.05, 3.63) is 29.3 Å². The molecule has 0 aliphatic carbocycles. The Morgan fingerprint density at radius 3 is 2.67 bits per heavy atom. The number of aromatic nitrogens is 4. The Bertz CT molecular complexity index is 661. The van der Waals surface area contributed by atoms with Gasteiger partial charge in [-0.25, -0.2) is 14.6 Å². The molecule has 0 spiro atoms. The minimum Gasteiger partial charge on any atom is -0.370 e. The first-order valence-corrected chi connectivity index (χ1v) is 6.92. The van der Waals surface area contributed by atoms with Crippen molar-refractivity contribution >= 4 is 11.7 Å². The van der Waals surface area contributed by atoms with Crippen molar-refractivity contribution in [2.75, 3.05) is 11.9 Å². The van der Waals surface area contributed by atoms with Crippen molar-refractivity contribution in [3.63, 3.8) is 0 Å².